The Morgan fingerprint density at radius 3 is 2.95 bits per heavy atom. The van der Waals surface area contributed by atoms with Crippen molar-refractivity contribution in [3.05, 3.63) is 35.1 Å². The molecule has 0 aromatic heterocycles. The molecule has 1 aliphatic rings. The highest BCUT2D eigenvalue weighted by Crippen LogP contribution is 2.17. The van der Waals surface area contributed by atoms with Crippen molar-refractivity contribution < 1.29 is 14.2 Å². The lowest BCUT2D eigenvalue weighted by atomic mass is 10.1. The molecule has 1 aliphatic heterocycles. The summed E-state index contributed by atoms with van der Waals surface area (Å²) >= 11 is 0. The van der Waals surface area contributed by atoms with Crippen LogP contribution in [-0.2, 0) is 11.3 Å². The van der Waals surface area contributed by atoms with Gasteiger partial charge in [0, 0.05) is 30.8 Å². The van der Waals surface area contributed by atoms with E-state index in [9.17, 15) is 4.39 Å². The Morgan fingerprint density at radius 1 is 1.48 bits per heavy atom. The maximum absolute atomic E-state index is 14.1. The van der Waals surface area contributed by atoms with Gasteiger partial charge in [0.05, 0.1) is 6.10 Å². The molecule has 21 heavy (non-hydrogen) atoms. The van der Waals surface area contributed by atoms with Crippen LogP contribution in [0.1, 0.15) is 30.9 Å². The smallest absolute Gasteiger partial charge is 0.128 e. The third-order valence-electron chi connectivity index (χ3n) is 3.69. The summed E-state index contributed by atoms with van der Waals surface area (Å²) in [5, 5.41) is 8.65. The van der Waals surface area contributed by atoms with E-state index in [0.29, 0.717) is 17.7 Å². The van der Waals surface area contributed by atoms with Crippen LogP contribution in [0.5, 0.6) is 0 Å². The third kappa shape index (κ3) is 4.82. The van der Waals surface area contributed by atoms with Gasteiger partial charge in [-0.3, -0.25) is 4.90 Å². The molecule has 0 aliphatic carbocycles. The molecule has 4 heteroatoms. The van der Waals surface area contributed by atoms with Crippen LogP contribution in [0.2, 0.25) is 0 Å². The minimum atomic E-state index is -0.245. The summed E-state index contributed by atoms with van der Waals surface area (Å²) in [6, 6.07) is 4.99. The van der Waals surface area contributed by atoms with Gasteiger partial charge in [-0.25, -0.2) is 4.39 Å². The van der Waals surface area contributed by atoms with Crippen molar-refractivity contribution in [2.75, 3.05) is 26.3 Å². The molecule has 2 rings (SSSR count). The van der Waals surface area contributed by atoms with Crippen molar-refractivity contribution in [3.63, 3.8) is 0 Å². The van der Waals surface area contributed by atoms with Crippen LogP contribution in [0.25, 0.3) is 0 Å². The van der Waals surface area contributed by atoms with E-state index in [2.05, 4.69) is 23.7 Å². The number of hydrogen-bond acceptors (Lipinski definition) is 3. The normalized spacial score (nSPS) is 17.8. The van der Waals surface area contributed by atoms with E-state index in [1.807, 2.05) is 0 Å². The second-order valence-electron chi connectivity index (χ2n) is 5.23. The van der Waals surface area contributed by atoms with Gasteiger partial charge in [0.2, 0.25) is 0 Å². The molecule has 114 valence electrons. The van der Waals surface area contributed by atoms with Crippen molar-refractivity contribution in [3.8, 4) is 11.8 Å². The topological polar surface area (TPSA) is 32.7 Å². The molecule has 1 aromatic carbocycles. The van der Waals surface area contributed by atoms with Gasteiger partial charge in [-0.1, -0.05) is 24.8 Å². The first kappa shape index (κ1) is 16.0. The van der Waals surface area contributed by atoms with Crippen LogP contribution in [-0.4, -0.2) is 42.4 Å². The molecule has 3 nitrogen and oxygen atoms in total. The number of rotatable bonds is 5. The Labute approximate surface area is 125 Å². The zero-order valence-corrected chi connectivity index (χ0v) is 12.4. The number of aliphatic hydroxyl groups excluding tert-OH is 1. The van der Waals surface area contributed by atoms with Gasteiger partial charge in [-0.2, -0.15) is 0 Å². The fraction of sp³-hybridized carbons (Fsp3) is 0.529. The van der Waals surface area contributed by atoms with Crippen molar-refractivity contribution >= 4 is 0 Å². The molecule has 1 N–H and O–H groups in total. The number of ether oxygens (including phenoxy) is 1. The van der Waals surface area contributed by atoms with E-state index in [0.717, 1.165) is 32.5 Å². The predicted octanol–water partition coefficient (Wildman–Crippen LogP) is 2.17. The standard InChI is InChI=1S/C17H22FNO2/c1-2-19(13-16-6-4-10-21-16)12-15-8-7-14(5-3-9-20)11-17(15)18/h7-8,11,16,20H,2,4,6,9-10,12-13H2,1H3. The van der Waals surface area contributed by atoms with Crippen LogP contribution < -0.4 is 0 Å². The zero-order chi connectivity index (χ0) is 15.1. The summed E-state index contributed by atoms with van der Waals surface area (Å²) in [5.74, 6) is 4.99. The second-order valence-corrected chi connectivity index (χ2v) is 5.23. The summed E-state index contributed by atoms with van der Waals surface area (Å²) < 4.78 is 19.7. The Bertz CT molecular complexity index is 515. The van der Waals surface area contributed by atoms with Crippen molar-refractivity contribution in [1.82, 2.24) is 4.90 Å². The van der Waals surface area contributed by atoms with E-state index >= 15 is 0 Å². The molecule has 1 aromatic rings. The van der Waals surface area contributed by atoms with E-state index in [4.69, 9.17) is 9.84 Å². The molecule has 1 heterocycles. The number of hydrogen-bond donors (Lipinski definition) is 1. The van der Waals surface area contributed by atoms with Gasteiger partial charge in [-0.15, -0.1) is 0 Å². The highest BCUT2D eigenvalue weighted by molar-refractivity contribution is 5.37. The van der Waals surface area contributed by atoms with Gasteiger partial charge in [-0.05, 0) is 31.5 Å². The molecule has 1 unspecified atom stereocenters. The predicted molar refractivity (Wildman–Crippen MR) is 80.3 cm³/mol. The van der Waals surface area contributed by atoms with E-state index in [-0.39, 0.29) is 18.5 Å². The molecule has 0 amide bonds. The summed E-state index contributed by atoms with van der Waals surface area (Å²) in [4.78, 5) is 2.20. The lowest BCUT2D eigenvalue weighted by Crippen LogP contribution is -2.31. The second kappa shape index (κ2) is 8.14. The number of aliphatic hydroxyl groups is 1. The first-order chi connectivity index (χ1) is 10.2. The van der Waals surface area contributed by atoms with E-state index in [1.54, 1.807) is 12.1 Å². The Hall–Kier alpha value is -1.41. The van der Waals surface area contributed by atoms with Gasteiger partial charge in [0.1, 0.15) is 12.4 Å². The van der Waals surface area contributed by atoms with Crippen LogP contribution in [0, 0.1) is 17.7 Å². The fourth-order valence-corrected chi connectivity index (χ4v) is 2.52. The fourth-order valence-electron chi connectivity index (χ4n) is 2.52. The Kier molecular flexibility index (Phi) is 6.19. The van der Waals surface area contributed by atoms with Crippen LogP contribution in [0.3, 0.4) is 0 Å². The third-order valence-corrected chi connectivity index (χ3v) is 3.69. The number of halogens is 1. The first-order valence-corrected chi connectivity index (χ1v) is 7.45. The van der Waals surface area contributed by atoms with Crippen molar-refractivity contribution in [2.45, 2.75) is 32.4 Å². The largest absolute Gasteiger partial charge is 0.384 e. The van der Waals surface area contributed by atoms with Crippen LogP contribution >= 0.6 is 0 Å². The SMILES string of the molecule is CCN(Cc1ccc(C#CCO)cc1F)CC1CCCO1. The van der Waals surface area contributed by atoms with Gasteiger partial charge >= 0.3 is 0 Å². The maximum atomic E-state index is 14.1. The van der Waals surface area contributed by atoms with E-state index < -0.39 is 0 Å². The number of nitrogens with zero attached hydrogens (tertiary/aromatic N) is 1. The van der Waals surface area contributed by atoms with Crippen molar-refractivity contribution in [1.29, 1.82) is 0 Å². The van der Waals surface area contributed by atoms with Crippen LogP contribution in [0.15, 0.2) is 18.2 Å². The van der Waals surface area contributed by atoms with Gasteiger partial charge in [0.25, 0.3) is 0 Å². The lowest BCUT2D eigenvalue weighted by molar-refractivity contribution is 0.0721. The monoisotopic (exact) mass is 291 g/mol. The first-order valence-electron chi connectivity index (χ1n) is 7.45. The highest BCUT2D eigenvalue weighted by atomic mass is 19.1. The number of likely N-dealkylation sites (N-methyl/N-ethyl adjacent to an activating group) is 1. The molecule has 0 spiro atoms. The summed E-state index contributed by atoms with van der Waals surface area (Å²) in [6.07, 6.45) is 2.49. The molecule has 1 saturated heterocycles. The van der Waals surface area contributed by atoms with Gasteiger partial charge in [0.15, 0.2) is 0 Å². The minimum absolute atomic E-state index is 0.214. The van der Waals surface area contributed by atoms with E-state index in [1.165, 1.54) is 6.07 Å². The lowest BCUT2D eigenvalue weighted by Gasteiger charge is -2.23. The quantitative estimate of drug-likeness (QED) is 0.844. The molecular weight excluding hydrogens is 269 g/mol. The average molecular weight is 291 g/mol. The summed E-state index contributed by atoms with van der Waals surface area (Å²) in [6.45, 7) is 5.00. The van der Waals surface area contributed by atoms with Gasteiger partial charge < -0.3 is 9.84 Å². The maximum Gasteiger partial charge on any atom is 0.128 e. The van der Waals surface area contributed by atoms with Crippen molar-refractivity contribution in [2.24, 2.45) is 0 Å². The summed E-state index contributed by atoms with van der Waals surface area (Å²) in [5.41, 5.74) is 1.26. The minimum Gasteiger partial charge on any atom is -0.384 e. The number of benzene rings is 1. The zero-order valence-electron chi connectivity index (χ0n) is 12.4. The molecule has 1 fully saturated rings. The molecule has 0 radical (unpaired) electrons. The highest BCUT2D eigenvalue weighted by Gasteiger charge is 2.19. The summed E-state index contributed by atoms with van der Waals surface area (Å²) in [7, 11) is 0. The molecule has 1 atom stereocenters. The Balaban J connectivity index is 1.99. The molecule has 0 bridgehead atoms. The molecule has 0 saturated carbocycles. The van der Waals surface area contributed by atoms with Crippen LogP contribution in [0.4, 0.5) is 4.39 Å². The molecular formula is C17H22FNO2. The average Bonchev–Trinajstić information content (AvgIpc) is 2.99. The Morgan fingerprint density at radius 2 is 2.33 bits per heavy atom.